The van der Waals surface area contributed by atoms with Gasteiger partial charge in [0.2, 0.25) is 0 Å². The predicted molar refractivity (Wildman–Crippen MR) is 93.2 cm³/mol. The van der Waals surface area contributed by atoms with Crippen LogP contribution < -0.4 is 0 Å². The van der Waals surface area contributed by atoms with E-state index in [2.05, 4.69) is 19.9 Å². The molecule has 3 heteroatoms. The number of carbonyl (C=O) groups excluding carboxylic acids is 1. The smallest absolute Gasteiger partial charge is 0.309 e. The number of aliphatic hydroxyl groups excluding tert-OH is 1. The Balaban J connectivity index is 1.64. The largest absolute Gasteiger partial charge is 0.469 e. The molecule has 1 N–H and O–H groups in total. The van der Waals surface area contributed by atoms with E-state index in [-0.39, 0.29) is 28.8 Å². The highest BCUT2D eigenvalue weighted by atomic mass is 16.5. The highest BCUT2D eigenvalue weighted by molar-refractivity contribution is 5.73. The van der Waals surface area contributed by atoms with Crippen LogP contribution in [0.4, 0.5) is 0 Å². The molecule has 7 atom stereocenters. The standard InChI is InChI=1S/C21H32O3/c1-20-10-8-14(22)12-13(20)4-5-15-16-6-7-18(19(23)24-3)21(16,2)11-9-17(15)20/h4,14-18,22H,5-12H2,1-3H3/t14-,15+,16-,17+,18+,20+,21-/m1/s1. The average molecular weight is 332 g/mol. The topological polar surface area (TPSA) is 46.5 Å². The van der Waals surface area contributed by atoms with Crippen LogP contribution in [0.25, 0.3) is 0 Å². The molecule has 0 radical (unpaired) electrons. The molecule has 0 heterocycles. The average Bonchev–Trinajstić information content (AvgIpc) is 2.92. The number of hydrogen-bond donors (Lipinski definition) is 1. The number of methoxy groups -OCH3 is 1. The van der Waals surface area contributed by atoms with E-state index in [1.165, 1.54) is 25.5 Å². The van der Waals surface area contributed by atoms with E-state index in [9.17, 15) is 9.90 Å². The fraction of sp³-hybridized carbons (Fsp3) is 0.857. The minimum absolute atomic E-state index is 0.0116. The summed E-state index contributed by atoms with van der Waals surface area (Å²) in [5, 5.41) is 10.1. The molecule has 4 aliphatic rings. The van der Waals surface area contributed by atoms with E-state index in [0.29, 0.717) is 11.8 Å². The number of allylic oxidation sites excluding steroid dienone is 1. The first-order valence-corrected chi connectivity index (χ1v) is 9.85. The van der Waals surface area contributed by atoms with Gasteiger partial charge >= 0.3 is 5.97 Å². The second kappa shape index (κ2) is 5.59. The Morgan fingerprint density at radius 3 is 2.71 bits per heavy atom. The Hall–Kier alpha value is -0.830. The Bertz CT molecular complexity index is 567. The summed E-state index contributed by atoms with van der Waals surface area (Å²) in [6.07, 6.45) is 11.0. The zero-order valence-corrected chi connectivity index (χ0v) is 15.4. The van der Waals surface area contributed by atoms with Crippen molar-refractivity contribution >= 4 is 5.97 Å². The fourth-order valence-electron chi connectivity index (χ4n) is 7.17. The molecule has 0 unspecified atom stereocenters. The van der Waals surface area contributed by atoms with Gasteiger partial charge in [0.05, 0.1) is 19.1 Å². The zero-order chi connectivity index (χ0) is 17.1. The molecule has 0 amide bonds. The molecule has 3 saturated carbocycles. The third kappa shape index (κ3) is 2.16. The van der Waals surface area contributed by atoms with E-state index in [1.807, 2.05) is 0 Å². The van der Waals surface area contributed by atoms with E-state index >= 15 is 0 Å². The molecule has 24 heavy (non-hydrogen) atoms. The van der Waals surface area contributed by atoms with Gasteiger partial charge in [-0.3, -0.25) is 4.79 Å². The van der Waals surface area contributed by atoms with Gasteiger partial charge in [0.25, 0.3) is 0 Å². The molecule has 0 aromatic rings. The monoisotopic (exact) mass is 332 g/mol. The summed E-state index contributed by atoms with van der Waals surface area (Å²) in [6.45, 7) is 4.81. The summed E-state index contributed by atoms with van der Waals surface area (Å²) in [5.74, 6) is 2.21. The second-order valence-corrected chi connectivity index (χ2v) is 9.35. The van der Waals surface area contributed by atoms with Gasteiger partial charge in [-0.1, -0.05) is 25.5 Å². The number of fused-ring (bicyclic) bond motifs is 5. The first-order chi connectivity index (χ1) is 11.4. The zero-order valence-electron chi connectivity index (χ0n) is 15.4. The van der Waals surface area contributed by atoms with Crippen molar-refractivity contribution in [2.75, 3.05) is 7.11 Å². The van der Waals surface area contributed by atoms with Crippen LogP contribution in [0.3, 0.4) is 0 Å². The summed E-state index contributed by atoms with van der Waals surface area (Å²) in [7, 11) is 1.54. The van der Waals surface area contributed by atoms with Crippen molar-refractivity contribution in [2.24, 2.45) is 34.5 Å². The minimum atomic E-state index is -0.134. The van der Waals surface area contributed by atoms with Gasteiger partial charge in [0.1, 0.15) is 0 Å². The van der Waals surface area contributed by atoms with Crippen molar-refractivity contribution in [2.45, 2.75) is 71.3 Å². The maximum absolute atomic E-state index is 12.3. The van der Waals surface area contributed by atoms with Crippen LogP contribution in [0.5, 0.6) is 0 Å². The lowest BCUT2D eigenvalue weighted by Gasteiger charge is -2.57. The van der Waals surface area contributed by atoms with Crippen molar-refractivity contribution in [3.8, 4) is 0 Å². The van der Waals surface area contributed by atoms with Gasteiger partial charge < -0.3 is 9.84 Å². The van der Waals surface area contributed by atoms with E-state index < -0.39 is 0 Å². The Labute approximate surface area is 145 Å². The molecule has 134 valence electrons. The third-order valence-corrected chi connectivity index (χ3v) is 8.56. The molecule has 0 spiro atoms. The van der Waals surface area contributed by atoms with Gasteiger partial charge in [-0.2, -0.15) is 0 Å². The lowest BCUT2D eigenvalue weighted by molar-refractivity contribution is -0.152. The summed E-state index contributed by atoms with van der Waals surface area (Å²) < 4.78 is 5.12. The van der Waals surface area contributed by atoms with Crippen LogP contribution in [-0.2, 0) is 9.53 Å². The summed E-state index contributed by atoms with van der Waals surface area (Å²) in [5.41, 5.74) is 1.94. The van der Waals surface area contributed by atoms with Gasteiger partial charge in [0, 0.05) is 0 Å². The quantitative estimate of drug-likeness (QED) is 0.581. The first-order valence-electron chi connectivity index (χ1n) is 9.85. The maximum atomic E-state index is 12.3. The van der Waals surface area contributed by atoms with Crippen LogP contribution in [0.2, 0.25) is 0 Å². The van der Waals surface area contributed by atoms with Gasteiger partial charge in [-0.05, 0) is 80.0 Å². The van der Waals surface area contributed by atoms with Gasteiger partial charge in [-0.25, -0.2) is 0 Å². The molecular formula is C21H32O3. The van der Waals surface area contributed by atoms with E-state index in [0.717, 1.165) is 44.4 Å². The van der Waals surface area contributed by atoms with Crippen LogP contribution in [0.1, 0.15) is 65.2 Å². The SMILES string of the molecule is COC(=O)[C@@H]1CC[C@@H]2[C@@H]3CC=C4C[C@H](O)CC[C@]4(C)[C@H]3CC[C@]21C. The molecule has 0 bridgehead atoms. The van der Waals surface area contributed by atoms with Crippen molar-refractivity contribution in [1.82, 2.24) is 0 Å². The Morgan fingerprint density at radius 1 is 1.17 bits per heavy atom. The summed E-state index contributed by atoms with van der Waals surface area (Å²) in [4.78, 5) is 12.3. The third-order valence-electron chi connectivity index (χ3n) is 8.56. The van der Waals surface area contributed by atoms with E-state index in [1.54, 1.807) is 0 Å². The van der Waals surface area contributed by atoms with Gasteiger partial charge in [0.15, 0.2) is 0 Å². The van der Waals surface area contributed by atoms with Crippen molar-refractivity contribution in [1.29, 1.82) is 0 Å². The molecule has 3 fully saturated rings. The lowest BCUT2D eigenvalue weighted by Crippen LogP contribution is -2.51. The van der Waals surface area contributed by atoms with E-state index in [4.69, 9.17) is 4.74 Å². The highest BCUT2D eigenvalue weighted by Crippen LogP contribution is 2.66. The molecule has 4 rings (SSSR count). The Morgan fingerprint density at radius 2 is 1.96 bits per heavy atom. The number of rotatable bonds is 1. The molecular weight excluding hydrogens is 300 g/mol. The molecule has 4 aliphatic carbocycles. The molecule has 0 aromatic carbocycles. The number of ether oxygens (including phenoxy) is 1. The highest BCUT2D eigenvalue weighted by Gasteiger charge is 2.60. The second-order valence-electron chi connectivity index (χ2n) is 9.35. The summed E-state index contributed by atoms with van der Waals surface area (Å²) in [6, 6.07) is 0. The molecule has 0 aromatic heterocycles. The van der Waals surface area contributed by atoms with Crippen molar-refractivity contribution in [3.63, 3.8) is 0 Å². The number of esters is 1. The van der Waals surface area contributed by atoms with Crippen molar-refractivity contribution in [3.05, 3.63) is 11.6 Å². The summed E-state index contributed by atoms with van der Waals surface area (Å²) >= 11 is 0. The number of hydrogen-bond acceptors (Lipinski definition) is 3. The molecule has 0 aliphatic heterocycles. The van der Waals surface area contributed by atoms with Gasteiger partial charge in [-0.15, -0.1) is 0 Å². The normalized spacial score (nSPS) is 50.3. The Kier molecular flexibility index (Phi) is 3.87. The lowest BCUT2D eigenvalue weighted by atomic mass is 9.47. The number of carbonyl (C=O) groups is 1. The molecule has 3 nitrogen and oxygen atoms in total. The molecule has 0 saturated heterocycles. The van der Waals surface area contributed by atoms with Crippen LogP contribution in [0, 0.1) is 34.5 Å². The first kappa shape index (κ1) is 16.6. The van der Waals surface area contributed by atoms with Crippen molar-refractivity contribution < 1.29 is 14.6 Å². The van der Waals surface area contributed by atoms with Crippen LogP contribution in [0.15, 0.2) is 11.6 Å². The number of aliphatic hydroxyl groups is 1. The predicted octanol–water partition coefficient (Wildman–Crippen LogP) is 4.10. The van der Waals surface area contributed by atoms with Crippen LogP contribution >= 0.6 is 0 Å². The maximum Gasteiger partial charge on any atom is 0.309 e. The fourth-order valence-corrected chi connectivity index (χ4v) is 7.17. The minimum Gasteiger partial charge on any atom is -0.469 e. The van der Waals surface area contributed by atoms with Crippen LogP contribution in [-0.4, -0.2) is 24.3 Å².